The van der Waals surface area contributed by atoms with Gasteiger partial charge in [-0.05, 0) is 43.2 Å². The highest BCUT2D eigenvalue weighted by atomic mass is 16.2. The van der Waals surface area contributed by atoms with Crippen molar-refractivity contribution in [2.45, 2.75) is 32.4 Å². The zero-order valence-corrected chi connectivity index (χ0v) is 16.8. The number of nitrogens with zero attached hydrogens (tertiary/aromatic N) is 1. The Morgan fingerprint density at radius 3 is 2.80 bits per heavy atom. The van der Waals surface area contributed by atoms with Crippen LogP contribution < -0.4 is 16.0 Å². The van der Waals surface area contributed by atoms with E-state index in [1.54, 1.807) is 24.3 Å². The molecule has 0 radical (unpaired) electrons. The van der Waals surface area contributed by atoms with Crippen LogP contribution in [-0.4, -0.2) is 34.9 Å². The third-order valence-corrected chi connectivity index (χ3v) is 5.42. The van der Waals surface area contributed by atoms with Crippen molar-refractivity contribution in [1.29, 1.82) is 0 Å². The molecule has 0 saturated carbocycles. The van der Waals surface area contributed by atoms with Crippen LogP contribution in [0.5, 0.6) is 0 Å². The summed E-state index contributed by atoms with van der Waals surface area (Å²) in [4.78, 5) is 37.0. The molecule has 1 aliphatic rings. The maximum absolute atomic E-state index is 12.4. The minimum atomic E-state index is -0.744. The molecule has 3 amide bonds. The Morgan fingerprint density at radius 2 is 1.93 bits per heavy atom. The summed E-state index contributed by atoms with van der Waals surface area (Å²) in [6.45, 7) is 3.23. The van der Waals surface area contributed by atoms with Gasteiger partial charge in [-0.3, -0.25) is 14.4 Å². The number of rotatable bonds is 6. The summed E-state index contributed by atoms with van der Waals surface area (Å²) in [6.07, 6.45) is 2.41. The Bertz CT molecular complexity index is 1120. The molecule has 30 heavy (non-hydrogen) atoms. The number of carbonyl (C=O) groups excluding carboxylic acids is 3. The molecule has 154 valence electrons. The molecule has 0 bridgehead atoms. The molecule has 3 aromatic rings. The van der Waals surface area contributed by atoms with Crippen LogP contribution in [0.15, 0.2) is 54.7 Å². The van der Waals surface area contributed by atoms with Crippen molar-refractivity contribution in [3.05, 3.63) is 65.9 Å². The third kappa shape index (κ3) is 4.05. The van der Waals surface area contributed by atoms with Gasteiger partial charge in [0.15, 0.2) is 0 Å². The van der Waals surface area contributed by atoms with E-state index in [1.165, 1.54) is 10.9 Å². The largest absolute Gasteiger partial charge is 0.354 e. The van der Waals surface area contributed by atoms with Gasteiger partial charge in [-0.15, -0.1) is 0 Å². The van der Waals surface area contributed by atoms with Crippen LogP contribution >= 0.6 is 0 Å². The summed E-state index contributed by atoms with van der Waals surface area (Å²) in [5.74, 6) is -0.772. The lowest BCUT2D eigenvalue weighted by Gasteiger charge is -2.14. The van der Waals surface area contributed by atoms with E-state index in [0.29, 0.717) is 24.3 Å². The average Bonchev–Trinajstić information content (AvgIpc) is 3.10. The molecule has 2 aromatic carbocycles. The predicted molar refractivity (Wildman–Crippen MR) is 115 cm³/mol. The highest BCUT2D eigenvalue weighted by molar-refractivity contribution is 6.09. The molecule has 7 heteroatoms. The second-order valence-corrected chi connectivity index (χ2v) is 7.47. The van der Waals surface area contributed by atoms with Gasteiger partial charge in [0, 0.05) is 36.6 Å². The quantitative estimate of drug-likeness (QED) is 0.590. The lowest BCUT2D eigenvalue weighted by atomic mass is 10.1. The number of benzene rings is 2. The first-order valence-corrected chi connectivity index (χ1v) is 10.0. The number of hydrogen-bond donors (Lipinski definition) is 3. The van der Waals surface area contributed by atoms with Gasteiger partial charge in [-0.25, -0.2) is 0 Å². The zero-order valence-electron chi connectivity index (χ0n) is 16.8. The molecule has 2 heterocycles. The lowest BCUT2D eigenvalue weighted by Crippen LogP contribution is -2.42. The first kappa shape index (κ1) is 19.7. The molecule has 1 aromatic heterocycles. The number of para-hydroxylation sites is 1. The van der Waals surface area contributed by atoms with Gasteiger partial charge in [0.1, 0.15) is 6.04 Å². The van der Waals surface area contributed by atoms with Crippen molar-refractivity contribution in [1.82, 2.24) is 15.2 Å². The second-order valence-electron chi connectivity index (χ2n) is 7.47. The molecule has 0 unspecified atom stereocenters. The molecule has 4 rings (SSSR count). The number of anilines is 1. The average molecular weight is 404 g/mol. The summed E-state index contributed by atoms with van der Waals surface area (Å²) in [7, 11) is 0. The molecule has 3 N–H and O–H groups in total. The van der Waals surface area contributed by atoms with Crippen LogP contribution in [0, 0.1) is 6.92 Å². The maximum Gasteiger partial charge on any atom is 0.254 e. The van der Waals surface area contributed by atoms with Crippen LogP contribution in [-0.2, 0) is 16.1 Å². The topological polar surface area (TPSA) is 92.2 Å². The molecule has 1 atom stereocenters. The van der Waals surface area contributed by atoms with E-state index in [-0.39, 0.29) is 30.6 Å². The van der Waals surface area contributed by atoms with Crippen LogP contribution in [0.1, 0.15) is 28.8 Å². The van der Waals surface area contributed by atoms with Crippen molar-refractivity contribution in [3.63, 3.8) is 0 Å². The fourth-order valence-electron chi connectivity index (χ4n) is 3.77. The van der Waals surface area contributed by atoms with Crippen molar-refractivity contribution in [2.75, 3.05) is 11.9 Å². The van der Waals surface area contributed by atoms with E-state index in [9.17, 15) is 14.4 Å². The van der Waals surface area contributed by atoms with E-state index in [1.807, 2.05) is 12.3 Å². The van der Waals surface area contributed by atoms with Crippen LogP contribution in [0.4, 0.5) is 5.69 Å². The Hall–Kier alpha value is -3.61. The SMILES string of the molecule is Cc1cccc2c1ccn2CCNC(=O)CC[C@@H]1NC(=O)c2ccccc2NC1=O. The predicted octanol–water partition coefficient (Wildman–Crippen LogP) is 2.60. The fourth-order valence-corrected chi connectivity index (χ4v) is 3.77. The number of hydrogen-bond acceptors (Lipinski definition) is 3. The normalized spacial score (nSPS) is 15.8. The summed E-state index contributed by atoms with van der Waals surface area (Å²) in [5, 5.41) is 9.56. The molecule has 0 fully saturated rings. The number of fused-ring (bicyclic) bond motifs is 2. The van der Waals surface area contributed by atoms with Crippen LogP contribution in [0.3, 0.4) is 0 Å². The van der Waals surface area contributed by atoms with Gasteiger partial charge in [-0.1, -0.05) is 24.3 Å². The van der Waals surface area contributed by atoms with Crippen molar-refractivity contribution < 1.29 is 14.4 Å². The summed E-state index contributed by atoms with van der Waals surface area (Å²) < 4.78 is 2.11. The first-order chi connectivity index (χ1) is 14.5. The minimum absolute atomic E-state index is 0.147. The number of nitrogens with one attached hydrogen (secondary N) is 3. The second kappa shape index (κ2) is 8.41. The van der Waals surface area contributed by atoms with E-state index in [4.69, 9.17) is 0 Å². The standard InChI is InChI=1S/C23H24N4O3/c1-15-5-4-8-20-16(15)11-13-27(20)14-12-24-21(28)10-9-19-23(30)25-18-7-3-2-6-17(18)22(29)26-19/h2-8,11,13,19H,9-10,12,14H2,1H3,(H,24,28)(H,25,30)(H,26,29)/t19-/m0/s1. The highest BCUT2D eigenvalue weighted by Crippen LogP contribution is 2.20. The summed E-state index contributed by atoms with van der Waals surface area (Å²) >= 11 is 0. The van der Waals surface area contributed by atoms with Gasteiger partial charge < -0.3 is 20.5 Å². The van der Waals surface area contributed by atoms with Gasteiger partial charge in [-0.2, -0.15) is 0 Å². The fraction of sp³-hybridized carbons (Fsp3) is 0.261. The Kier molecular flexibility index (Phi) is 5.52. The molecule has 1 aliphatic heterocycles. The van der Waals surface area contributed by atoms with E-state index in [0.717, 1.165) is 5.52 Å². The smallest absolute Gasteiger partial charge is 0.254 e. The molecule has 0 aliphatic carbocycles. The number of amides is 3. The van der Waals surface area contributed by atoms with Crippen molar-refractivity contribution in [3.8, 4) is 0 Å². The maximum atomic E-state index is 12.4. The summed E-state index contributed by atoms with van der Waals surface area (Å²) in [5.41, 5.74) is 3.27. The number of aryl methyl sites for hydroxylation is 1. The monoisotopic (exact) mass is 404 g/mol. The molecule has 0 saturated heterocycles. The molecular weight excluding hydrogens is 380 g/mol. The zero-order chi connectivity index (χ0) is 21.1. The lowest BCUT2D eigenvalue weighted by molar-refractivity contribution is -0.121. The Labute approximate surface area is 174 Å². The van der Waals surface area contributed by atoms with Crippen molar-refractivity contribution >= 4 is 34.3 Å². The van der Waals surface area contributed by atoms with Gasteiger partial charge in [0.2, 0.25) is 11.8 Å². The van der Waals surface area contributed by atoms with Crippen LogP contribution in [0.25, 0.3) is 10.9 Å². The van der Waals surface area contributed by atoms with Gasteiger partial charge in [0.25, 0.3) is 5.91 Å². The van der Waals surface area contributed by atoms with E-state index >= 15 is 0 Å². The third-order valence-electron chi connectivity index (χ3n) is 5.42. The first-order valence-electron chi connectivity index (χ1n) is 10.0. The summed E-state index contributed by atoms with van der Waals surface area (Å²) in [6, 6.07) is 14.4. The minimum Gasteiger partial charge on any atom is -0.354 e. The number of aromatic nitrogens is 1. The van der Waals surface area contributed by atoms with Crippen LogP contribution in [0.2, 0.25) is 0 Å². The Balaban J connectivity index is 1.28. The highest BCUT2D eigenvalue weighted by Gasteiger charge is 2.27. The van der Waals surface area contributed by atoms with Gasteiger partial charge in [0.05, 0.1) is 11.3 Å². The Morgan fingerprint density at radius 1 is 1.10 bits per heavy atom. The molecule has 7 nitrogen and oxygen atoms in total. The van der Waals surface area contributed by atoms with E-state index < -0.39 is 6.04 Å². The molecule has 0 spiro atoms. The van der Waals surface area contributed by atoms with Crippen molar-refractivity contribution in [2.24, 2.45) is 0 Å². The van der Waals surface area contributed by atoms with E-state index in [2.05, 4.69) is 45.6 Å². The molecular formula is C23H24N4O3. The van der Waals surface area contributed by atoms with Gasteiger partial charge >= 0.3 is 0 Å². The number of carbonyl (C=O) groups is 3.